The van der Waals surface area contributed by atoms with Crippen LogP contribution in [-0.2, 0) is 6.61 Å². The maximum absolute atomic E-state index is 10.5. The number of aliphatic hydroxyl groups excluding tert-OH is 1. The molecule has 48 heavy (non-hydrogen) atoms. The molecule has 0 aliphatic heterocycles. The van der Waals surface area contributed by atoms with Crippen molar-refractivity contribution >= 4 is 17.2 Å². The molecule has 6 heteroatoms. The van der Waals surface area contributed by atoms with Gasteiger partial charge in [0.25, 0.3) is 0 Å². The number of benzene rings is 2. The number of nitrogens with zero attached hydrogens (tertiary/aromatic N) is 2. The highest BCUT2D eigenvalue weighted by Crippen LogP contribution is 2.37. The molecule has 0 saturated heterocycles. The fraction of sp³-hybridized carbons (Fsp3) is 0.571. The van der Waals surface area contributed by atoms with Crippen LogP contribution < -0.4 is 14.2 Å². The lowest BCUT2D eigenvalue weighted by Crippen LogP contribution is -2.07. The predicted octanol–water partition coefficient (Wildman–Crippen LogP) is 10.9. The van der Waals surface area contributed by atoms with E-state index in [0.29, 0.717) is 75.9 Å². The summed E-state index contributed by atoms with van der Waals surface area (Å²) in [4.78, 5) is 0. The molecule has 262 valence electrons. The van der Waals surface area contributed by atoms with E-state index >= 15 is 0 Å². The summed E-state index contributed by atoms with van der Waals surface area (Å²) < 4.78 is 18.4. The number of ether oxygens (including phenoxy) is 3. The van der Waals surface area contributed by atoms with Gasteiger partial charge in [0, 0.05) is 16.7 Å². The molecule has 0 saturated carbocycles. The lowest BCUT2D eigenvalue weighted by Gasteiger charge is -2.18. The van der Waals surface area contributed by atoms with E-state index < -0.39 is 0 Å². The van der Waals surface area contributed by atoms with E-state index in [1.807, 2.05) is 19.1 Å². The van der Waals surface area contributed by atoms with Crippen molar-refractivity contribution in [1.29, 1.82) is 10.5 Å². The molecule has 2 atom stereocenters. The normalized spacial score (nSPS) is 13.3. The standard InChI is InChI=1S/C42H60N2O4/c1-10-34(26-43)38-25-42(48-20-18-32(7)16-12-14-30(4)5)39(23-37(38)28-45)36(27-44)22-35-24-40(33(8)21-41(35)46-9)47-19-17-31(6)15-11-13-29(2)3/h10,21-25,29-32,45H,11-20,28H2,1-9H3/b34-10+,36-22+. The molecule has 6 nitrogen and oxygen atoms in total. The molecule has 0 aliphatic rings. The third kappa shape index (κ3) is 13.0. The molecular weight excluding hydrogens is 596 g/mol. The Hall–Kier alpha value is -3.74. The van der Waals surface area contributed by atoms with Crippen molar-refractivity contribution in [2.24, 2.45) is 23.7 Å². The smallest absolute Gasteiger partial charge is 0.128 e. The summed E-state index contributed by atoms with van der Waals surface area (Å²) in [5.74, 6) is 4.40. The quantitative estimate of drug-likeness (QED) is 0.106. The third-order valence-electron chi connectivity index (χ3n) is 9.01. The number of aryl methyl sites for hydroxylation is 1. The van der Waals surface area contributed by atoms with Gasteiger partial charge in [0.05, 0.1) is 50.2 Å². The summed E-state index contributed by atoms with van der Waals surface area (Å²) in [6.07, 6.45) is 12.6. The molecule has 2 unspecified atom stereocenters. The number of hydrogen-bond donors (Lipinski definition) is 1. The van der Waals surface area contributed by atoms with Crippen molar-refractivity contribution in [2.45, 2.75) is 113 Å². The Bertz CT molecular complexity index is 1440. The molecule has 2 rings (SSSR count). The van der Waals surface area contributed by atoms with Crippen LogP contribution in [0.15, 0.2) is 30.3 Å². The Labute approximate surface area is 291 Å². The first kappa shape index (κ1) is 40.4. The lowest BCUT2D eigenvalue weighted by atomic mass is 9.93. The Kier molecular flexibility index (Phi) is 17.9. The second-order valence-electron chi connectivity index (χ2n) is 14.1. The zero-order valence-electron chi connectivity index (χ0n) is 31.1. The van der Waals surface area contributed by atoms with E-state index in [9.17, 15) is 15.6 Å². The maximum Gasteiger partial charge on any atom is 0.128 e. The van der Waals surface area contributed by atoms with Crippen LogP contribution in [-0.4, -0.2) is 25.4 Å². The largest absolute Gasteiger partial charge is 0.496 e. The monoisotopic (exact) mass is 656 g/mol. The van der Waals surface area contributed by atoms with Crippen LogP contribution in [0.5, 0.6) is 17.2 Å². The number of allylic oxidation sites excluding steroid dienone is 3. The van der Waals surface area contributed by atoms with Gasteiger partial charge in [0.15, 0.2) is 0 Å². The van der Waals surface area contributed by atoms with Gasteiger partial charge in [0.1, 0.15) is 17.2 Å². The molecule has 1 N–H and O–H groups in total. The first-order valence-corrected chi connectivity index (χ1v) is 17.9. The van der Waals surface area contributed by atoms with Crippen molar-refractivity contribution in [3.05, 3.63) is 58.2 Å². The maximum atomic E-state index is 10.5. The van der Waals surface area contributed by atoms with Crippen molar-refractivity contribution in [3.8, 4) is 29.4 Å². The van der Waals surface area contributed by atoms with Gasteiger partial charge in [-0.05, 0) is 91.8 Å². The fourth-order valence-electron chi connectivity index (χ4n) is 5.84. The molecule has 0 fully saturated rings. The van der Waals surface area contributed by atoms with E-state index in [2.05, 4.69) is 53.7 Å². The van der Waals surface area contributed by atoms with E-state index in [-0.39, 0.29) is 6.61 Å². The molecular formula is C42H60N2O4. The Morgan fingerprint density at radius 3 is 1.77 bits per heavy atom. The zero-order chi connectivity index (χ0) is 35.6. The third-order valence-corrected chi connectivity index (χ3v) is 9.01. The number of nitriles is 2. The molecule has 0 bridgehead atoms. The summed E-state index contributed by atoms with van der Waals surface area (Å²) in [7, 11) is 1.62. The summed E-state index contributed by atoms with van der Waals surface area (Å²) in [5.41, 5.74) is 4.20. The van der Waals surface area contributed by atoms with E-state index in [0.717, 1.165) is 36.5 Å². The first-order chi connectivity index (χ1) is 23.0. The van der Waals surface area contributed by atoms with Crippen LogP contribution in [0.3, 0.4) is 0 Å². The van der Waals surface area contributed by atoms with Gasteiger partial charge in [-0.3, -0.25) is 0 Å². The first-order valence-electron chi connectivity index (χ1n) is 17.9. The number of aliphatic hydroxyl groups is 1. The minimum Gasteiger partial charge on any atom is -0.496 e. The summed E-state index contributed by atoms with van der Waals surface area (Å²) >= 11 is 0. The van der Waals surface area contributed by atoms with Crippen molar-refractivity contribution in [3.63, 3.8) is 0 Å². The van der Waals surface area contributed by atoms with Crippen molar-refractivity contribution < 1.29 is 19.3 Å². The molecule has 0 amide bonds. The van der Waals surface area contributed by atoms with Gasteiger partial charge in [-0.15, -0.1) is 0 Å². The molecule has 2 aromatic rings. The van der Waals surface area contributed by atoms with Crippen LogP contribution in [0.2, 0.25) is 0 Å². The van der Waals surface area contributed by atoms with Gasteiger partial charge >= 0.3 is 0 Å². The Morgan fingerprint density at radius 2 is 1.29 bits per heavy atom. The lowest BCUT2D eigenvalue weighted by molar-refractivity contribution is 0.272. The highest BCUT2D eigenvalue weighted by atomic mass is 16.5. The van der Waals surface area contributed by atoms with Crippen LogP contribution >= 0.6 is 0 Å². The van der Waals surface area contributed by atoms with Gasteiger partial charge in [-0.25, -0.2) is 0 Å². The number of methoxy groups -OCH3 is 1. The average Bonchev–Trinajstić information content (AvgIpc) is 3.05. The van der Waals surface area contributed by atoms with Gasteiger partial charge in [-0.1, -0.05) is 86.1 Å². The minimum absolute atomic E-state index is 0.283. The molecule has 0 aliphatic carbocycles. The number of rotatable bonds is 21. The van der Waals surface area contributed by atoms with Gasteiger partial charge in [0.2, 0.25) is 0 Å². The fourth-order valence-corrected chi connectivity index (χ4v) is 5.84. The van der Waals surface area contributed by atoms with Gasteiger partial charge < -0.3 is 19.3 Å². The van der Waals surface area contributed by atoms with Crippen molar-refractivity contribution in [2.75, 3.05) is 20.3 Å². The highest BCUT2D eigenvalue weighted by molar-refractivity contribution is 5.94. The molecule has 2 aromatic carbocycles. The molecule has 0 aromatic heterocycles. The predicted molar refractivity (Wildman–Crippen MR) is 199 cm³/mol. The number of hydrogen-bond acceptors (Lipinski definition) is 6. The van der Waals surface area contributed by atoms with Crippen LogP contribution in [0.4, 0.5) is 0 Å². The highest BCUT2D eigenvalue weighted by Gasteiger charge is 2.19. The van der Waals surface area contributed by atoms with Crippen LogP contribution in [0.1, 0.15) is 128 Å². The zero-order valence-corrected chi connectivity index (χ0v) is 31.1. The van der Waals surface area contributed by atoms with Gasteiger partial charge in [-0.2, -0.15) is 10.5 Å². The summed E-state index contributed by atoms with van der Waals surface area (Å²) in [5, 5.41) is 30.6. The minimum atomic E-state index is -0.283. The van der Waals surface area contributed by atoms with Crippen LogP contribution in [0, 0.1) is 53.3 Å². The van der Waals surface area contributed by atoms with Crippen LogP contribution in [0.25, 0.3) is 17.2 Å². The van der Waals surface area contributed by atoms with E-state index in [4.69, 9.17) is 14.2 Å². The SMILES string of the molecule is C/C=C(\C#N)c1cc(OCCC(C)CCCC(C)C)c(/C(C#N)=C/c2cc(OCCC(C)CCCC(C)C)c(C)cc2OC)cc1CO. The Balaban J connectivity index is 2.45. The molecule has 0 radical (unpaired) electrons. The van der Waals surface area contributed by atoms with E-state index in [1.165, 1.54) is 32.1 Å². The summed E-state index contributed by atoms with van der Waals surface area (Å²) in [6.45, 7) is 18.2. The van der Waals surface area contributed by atoms with E-state index in [1.54, 1.807) is 38.3 Å². The summed E-state index contributed by atoms with van der Waals surface area (Å²) in [6, 6.07) is 12.0. The Morgan fingerprint density at radius 1 is 0.729 bits per heavy atom. The molecule has 0 heterocycles. The second-order valence-corrected chi connectivity index (χ2v) is 14.1. The average molecular weight is 657 g/mol. The second kappa shape index (κ2) is 21.3. The molecule has 0 spiro atoms. The van der Waals surface area contributed by atoms with Crippen molar-refractivity contribution in [1.82, 2.24) is 0 Å². The topological polar surface area (TPSA) is 95.5 Å².